The number of hydrogen-bond donors (Lipinski definition) is 1. The van der Waals surface area contributed by atoms with E-state index in [9.17, 15) is 4.79 Å². The summed E-state index contributed by atoms with van der Waals surface area (Å²) in [5, 5.41) is 0.977. The van der Waals surface area contributed by atoms with Gasteiger partial charge in [-0.3, -0.25) is 4.79 Å². The lowest BCUT2D eigenvalue weighted by molar-refractivity contribution is 0.00392. The van der Waals surface area contributed by atoms with E-state index in [0.29, 0.717) is 30.3 Å². The van der Waals surface area contributed by atoms with Crippen LogP contribution in [0.15, 0.2) is 18.2 Å². The first-order valence-electron chi connectivity index (χ1n) is 6.75. The molecule has 1 aliphatic heterocycles. The molecule has 2 heterocycles. The maximum absolute atomic E-state index is 12.7. The predicted octanol–water partition coefficient (Wildman–Crippen LogP) is 2.65. The monoisotopic (exact) mass is 290 g/mol. The van der Waals surface area contributed by atoms with Crippen molar-refractivity contribution < 1.29 is 9.53 Å². The van der Waals surface area contributed by atoms with Gasteiger partial charge in [-0.25, -0.2) is 0 Å². The van der Waals surface area contributed by atoms with Gasteiger partial charge in [0.2, 0.25) is 0 Å². The fraction of sp³-hybridized carbons (Fsp3) is 0.400. The second-order valence-corrected chi connectivity index (χ2v) is 6.32. The molecule has 4 nitrogen and oxygen atoms in total. The summed E-state index contributed by atoms with van der Waals surface area (Å²) in [6, 6.07) is 6.20. The van der Waals surface area contributed by atoms with Crippen LogP contribution in [0.2, 0.25) is 0 Å². The van der Waals surface area contributed by atoms with Crippen molar-refractivity contribution in [3.05, 3.63) is 28.6 Å². The third-order valence-corrected chi connectivity index (χ3v) is 4.86. The number of hydrogen-bond acceptors (Lipinski definition) is 4. The van der Waals surface area contributed by atoms with Crippen LogP contribution >= 0.6 is 11.3 Å². The molecule has 0 aliphatic carbocycles. The number of benzene rings is 1. The van der Waals surface area contributed by atoms with E-state index in [1.165, 1.54) is 16.9 Å². The molecule has 2 aromatic rings. The first kappa shape index (κ1) is 13.4. The molecule has 0 bridgehead atoms. The van der Waals surface area contributed by atoms with Crippen molar-refractivity contribution in [3.63, 3.8) is 0 Å². The largest absolute Gasteiger partial charge is 0.397 e. The third-order valence-electron chi connectivity index (χ3n) is 3.71. The molecular weight excluding hydrogens is 272 g/mol. The highest BCUT2D eigenvalue weighted by Gasteiger charge is 2.27. The number of ether oxygens (including phenoxy) is 1. The Labute approximate surface area is 122 Å². The van der Waals surface area contributed by atoms with Gasteiger partial charge in [-0.15, -0.1) is 11.3 Å². The molecule has 106 valence electrons. The van der Waals surface area contributed by atoms with Crippen LogP contribution in [-0.2, 0) is 4.74 Å². The van der Waals surface area contributed by atoms with Gasteiger partial charge in [0, 0.05) is 16.6 Å². The molecule has 0 saturated carbocycles. The summed E-state index contributed by atoms with van der Waals surface area (Å²) in [6.45, 7) is 5.87. The van der Waals surface area contributed by atoms with E-state index in [0.717, 1.165) is 10.1 Å². The molecule has 1 aliphatic rings. The summed E-state index contributed by atoms with van der Waals surface area (Å²) in [7, 11) is 0. The van der Waals surface area contributed by atoms with Gasteiger partial charge in [-0.2, -0.15) is 0 Å². The molecule has 1 unspecified atom stereocenters. The number of carbonyl (C=O) groups excluding carboxylic acids is 1. The van der Waals surface area contributed by atoms with Gasteiger partial charge in [0.05, 0.1) is 24.9 Å². The average Bonchev–Trinajstić information content (AvgIpc) is 2.75. The van der Waals surface area contributed by atoms with Crippen LogP contribution in [0, 0.1) is 6.92 Å². The van der Waals surface area contributed by atoms with Crippen LogP contribution in [0.25, 0.3) is 10.1 Å². The smallest absolute Gasteiger partial charge is 0.266 e. The molecular formula is C15H18N2O2S. The Morgan fingerprint density at radius 2 is 2.30 bits per heavy atom. The highest BCUT2D eigenvalue weighted by atomic mass is 32.1. The number of nitrogens with two attached hydrogens (primary N) is 1. The van der Waals surface area contributed by atoms with E-state index in [4.69, 9.17) is 10.5 Å². The Balaban J connectivity index is 2.01. The zero-order valence-electron chi connectivity index (χ0n) is 11.7. The Hall–Kier alpha value is -1.59. The normalized spacial score (nSPS) is 19.5. The fourth-order valence-corrected chi connectivity index (χ4v) is 3.72. The number of morpholine rings is 1. The number of aryl methyl sites for hydroxylation is 1. The molecule has 1 aromatic carbocycles. The van der Waals surface area contributed by atoms with Gasteiger partial charge >= 0.3 is 0 Å². The van der Waals surface area contributed by atoms with Crippen LogP contribution in [0.5, 0.6) is 0 Å². The lowest BCUT2D eigenvalue weighted by atomic mass is 10.1. The first-order chi connectivity index (χ1) is 9.58. The van der Waals surface area contributed by atoms with Crippen molar-refractivity contribution in [3.8, 4) is 0 Å². The molecule has 0 radical (unpaired) electrons. The summed E-state index contributed by atoms with van der Waals surface area (Å²) in [6.07, 6.45) is 0. The molecule has 1 saturated heterocycles. The SMILES string of the molecule is Cc1ccc2c(N)c(C(=O)N3CCOCC3C)sc2c1. The van der Waals surface area contributed by atoms with Crippen molar-refractivity contribution in [2.24, 2.45) is 0 Å². The van der Waals surface area contributed by atoms with Gasteiger partial charge in [-0.1, -0.05) is 12.1 Å². The van der Waals surface area contributed by atoms with Crippen molar-refractivity contribution in [2.45, 2.75) is 19.9 Å². The van der Waals surface area contributed by atoms with E-state index >= 15 is 0 Å². The summed E-state index contributed by atoms with van der Waals surface area (Å²) >= 11 is 1.48. The van der Waals surface area contributed by atoms with Crippen LogP contribution in [-0.4, -0.2) is 36.6 Å². The van der Waals surface area contributed by atoms with Crippen molar-refractivity contribution >= 4 is 33.0 Å². The van der Waals surface area contributed by atoms with Crippen LogP contribution in [0.4, 0.5) is 5.69 Å². The molecule has 2 N–H and O–H groups in total. The number of amides is 1. The van der Waals surface area contributed by atoms with Gasteiger partial charge in [0.15, 0.2) is 0 Å². The fourth-order valence-electron chi connectivity index (χ4n) is 2.54. The second-order valence-electron chi connectivity index (χ2n) is 5.27. The topological polar surface area (TPSA) is 55.6 Å². The summed E-state index contributed by atoms with van der Waals surface area (Å²) in [5.74, 6) is 0.0251. The molecule has 1 fully saturated rings. The van der Waals surface area contributed by atoms with Crippen molar-refractivity contribution in [2.75, 3.05) is 25.5 Å². The number of rotatable bonds is 1. The van der Waals surface area contributed by atoms with Crippen LogP contribution in [0.1, 0.15) is 22.2 Å². The zero-order chi connectivity index (χ0) is 14.3. The number of thiophene rings is 1. The standard InChI is InChI=1S/C15H18N2O2S/c1-9-3-4-11-12(7-9)20-14(13(11)16)15(18)17-5-6-19-8-10(17)2/h3-4,7,10H,5-6,8,16H2,1-2H3. The van der Waals surface area contributed by atoms with Crippen LogP contribution < -0.4 is 5.73 Å². The Bertz CT molecular complexity index is 665. The second kappa shape index (κ2) is 5.07. The quantitative estimate of drug-likeness (QED) is 0.878. The molecule has 20 heavy (non-hydrogen) atoms. The molecule has 5 heteroatoms. The third kappa shape index (κ3) is 2.17. The minimum atomic E-state index is 0.0251. The molecule has 1 atom stereocenters. The van der Waals surface area contributed by atoms with E-state index in [1.807, 2.05) is 30.9 Å². The molecule has 1 amide bonds. The van der Waals surface area contributed by atoms with Crippen LogP contribution in [0.3, 0.4) is 0 Å². The summed E-state index contributed by atoms with van der Waals surface area (Å²) < 4.78 is 6.46. The number of nitrogen functional groups attached to an aromatic ring is 1. The lowest BCUT2D eigenvalue weighted by Crippen LogP contribution is -2.47. The highest BCUT2D eigenvalue weighted by Crippen LogP contribution is 2.35. The van der Waals surface area contributed by atoms with Gasteiger partial charge in [-0.05, 0) is 25.5 Å². The van der Waals surface area contributed by atoms with Crippen molar-refractivity contribution in [1.29, 1.82) is 0 Å². The maximum Gasteiger partial charge on any atom is 0.266 e. The van der Waals surface area contributed by atoms with Crippen molar-refractivity contribution in [1.82, 2.24) is 4.90 Å². The van der Waals surface area contributed by atoms with Gasteiger partial charge in [0.1, 0.15) is 4.88 Å². The Kier molecular flexibility index (Phi) is 3.40. The number of anilines is 1. The van der Waals surface area contributed by atoms with E-state index in [2.05, 4.69) is 6.07 Å². The summed E-state index contributed by atoms with van der Waals surface area (Å²) in [4.78, 5) is 15.2. The number of nitrogens with zero attached hydrogens (tertiary/aromatic N) is 1. The van der Waals surface area contributed by atoms with Gasteiger partial charge in [0.25, 0.3) is 5.91 Å². The average molecular weight is 290 g/mol. The predicted molar refractivity (Wildman–Crippen MR) is 82.3 cm³/mol. The van der Waals surface area contributed by atoms with E-state index < -0.39 is 0 Å². The molecule has 0 spiro atoms. The Morgan fingerprint density at radius 3 is 3.05 bits per heavy atom. The molecule has 1 aromatic heterocycles. The van der Waals surface area contributed by atoms with E-state index in [1.54, 1.807) is 0 Å². The first-order valence-corrected chi connectivity index (χ1v) is 7.57. The number of carbonyl (C=O) groups is 1. The minimum Gasteiger partial charge on any atom is -0.397 e. The lowest BCUT2D eigenvalue weighted by Gasteiger charge is -2.33. The van der Waals surface area contributed by atoms with Gasteiger partial charge < -0.3 is 15.4 Å². The zero-order valence-corrected chi connectivity index (χ0v) is 12.5. The maximum atomic E-state index is 12.7. The molecule has 3 rings (SSSR count). The summed E-state index contributed by atoms with van der Waals surface area (Å²) in [5.41, 5.74) is 7.96. The highest BCUT2D eigenvalue weighted by molar-refractivity contribution is 7.21. The Morgan fingerprint density at radius 1 is 1.50 bits per heavy atom. The minimum absolute atomic E-state index is 0.0251. The van der Waals surface area contributed by atoms with E-state index in [-0.39, 0.29) is 11.9 Å². The number of fused-ring (bicyclic) bond motifs is 1.